The highest BCUT2D eigenvalue weighted by atomic mass is 19.1. The van der Waals surface area contributed by atoms with Crippen molar-refractivity contribution in [1.82, 2.24) is 10.2 Å². The van der Waals surface area contributed by atoms with Crippen LogP contribution in [0.15, 0.2) is 18.2 Å². The molecule has 0 bridgehead atoms. The van der Waals surface area contributed by atoms with Crippen LogP contribution in [0.4, 0.5) is 4.39 Å². The van der Waals surface area contributed by atoms with Gasteiger partial charge in [0, 0.05) is 19.6 Å². The van der Waals surface area contributed by atoms with Crippen molar-refractivity contribution in [2.75, 3.05) is 26.2 Å². The van der Waals surface area contributed by atoms with Crippen LogP contribution in [0.5, 0.6) is 0 Å². The number of likely N-dealkylation sites (tertiary alicyclic amines) is 1. The molecule has 0 unspecified atom stereocenters. The van der Waals surface area contributed by atoms with Crippen LogP contribution in [-0.2, 0) is 6.54 Å². The second-order valence-electron chi connectivity index (χ2n) is 4.69. The average molecular weight is 247 g/mol. The first kappa shape index (κ1) is 13.0. The maximum absolute atomic E-state index is 13.2. The van der Waals surface area contributed by atoms with Gasteiger partial charge in [0.25, 0.3) is 0 Å². The van der Waals surface area contributed by atoms with Crippen LogP contribution in [0.25, 0.3) is 0 Å². The van der Waals surface area contributed by atoms with Crippen molar-refractivity contribution >= 4 is 0 Å². The summed E-state index contributed by atoms with van der Waals surface area (Å²) in [5.74, 6) is -0.342. The molecule has 0 aliphatic carbocycles. The molecule has 1 saturated heterocycles. The predicted molar refractivity (Wildman–Crippen MR) is 68.5 cm³/mol. The molecule has 0 saturated carbocycles. The van der Waals surface area contributed by atoms with E-state index in [9.17, 15) is 4.39 Å². The van der Waals surface area contributed by atoms with E-state index in [0.717, 1.165) is 18.7 Å². The van der Waals surface area contributed by atoms with Gasteiger partial charge >= 0.3 is 0 Å². The fraction of sp³-hybridized carbons (Fsp3) is 0.500. The second kappa shape index (κ2) is 6.48. The topological polar surface area (TPSA) is 39.1 Å². The maximum atomic E-state index is 13.2. The Morgan fingerprint density at radius 2 is 2.06 bits per heavy atom. The molecule has 96 valence electrons. The first-order chi connectivity index (χ1) is 8.78. The first-order valence-corrected chi connectivity index (χ1v) is 6.40. The maximum Gasteiger partial charge on any atom is 0.124 e. The largest absolute Gasteiger partial charge is 0.311 e. The minimum atomic E-state index is -0.342. The zero-order valence-corrected chi connectivity index (χ0v) is 10.5. The molecule has 0 amide bonds. The highest BCUT2D eigenvalue weighted by Crippen LogP contribution is 2.08. The fourth-order valence-electron chi connectivity index (χ4n) is 2.29. The number of benzene rings is 1. The van der Waals surface area contributed by atoms with Crippen LogP contribution >= 0.6 is 0 Å². The number of nitrogens with zero attached hydrogens (tertiary/aromatic N) is 2. The smallest absolute Gasteiger partial charge is 0.124 e. The van der Waals surface area contributed by atoms with E-state index in [1.165, 1.54) is 38.1 Å². The molecule has 0 atom stereocenters. The van der Waals surface area contributed by atoms with Crippen molar-refractivity contribution in [3.8, 4) is 6.07 Å². The van der Waals surface area contributed by atoms with Gasteiger partial charge < -0.3 is 10.2 Å². The van der Waals surface area contributed by atoms with Crippen LogP contribution < -0.4 is 5.32 Å². The summed E-state index contributed by atoms with van der Waals surface area (Å²) in [4.78, 5) is 2.43. The Kier molecular flexibility index (Phi) is 4.68. The number of halogens is 1. The van der Waals surface area contributed by atoms with Crippen molar-refractivity contribution in [1.29, 1.82) is 5.26 Å². The number of hydrogen-bond acceptors (Lipinski definition) is 3. The van der Waals surface area contributed by atoms with Crippen molar-refractivity contribution in [3.63, 3.8) is 0 Å². The number of hydrogen-bond donors (Lipinski definition) is 1. The molecule has 0 radical (unpaired) electrons. The summed E-state index contributed by atoms with van der Waals surface area (Å²) in [6, 6.07) is 6.43. The normalized spacial score (nSPS) is 15.8. The molecule has 1 N–H and O–H groups in total. The molecule has 1 aromatic rings. The molecular weight excluding hydrogens is 229 g/mol. The van der Waals surface area contributed by atoms with Gasteiger partial charge in [-0.2, -0.15) is 5.26 Å². The van der Waals surface area contributed by atoms with E-state index in [2.05, 4.69) is 10.2 Å². The second-order valence-corrected chi connectivity index (χ2v) is 4.69. The monoisotopic (exact) mass is 247 g/mol. The lowest BCUT2D eigenvalue weighted by molar-refractivity contribution is 0.335. The van der Waals surface area contributed by atoms with Crippen LogP contribution in [-0.4, -0.2) is 31.1 Å². The summed E-state index contributed by atoms with van der Waals surface area (Å²) in [5.41, 5.74) is 1.21. The molecule has 18 heavy (non-hydrogen) atoms. The van der Waals surface area contributed by atoms with Crippen LogP contribution in [0.1, 0.15) is 24.0 Å². The lowest BCUT2D eigenvalue weighted by Gasteiger charge is -2.14. The van der Waals surface area contributed by atoms with E-state index < -0.39 is 0 Å². The molecule has 0 spiro atoms. The highest BCUT2D eigenvalue weighted by Gasteiger charge is 2.10. The van der Waals surface area contributed by atoms with Gasteiger partial charge in [0.1, 0.15) is 5.82 Å². The minimum absolute atomic E-state index is 0.342. The molecule has 2 rings (SSSR count). The summed E-state index contributed by atoms with van der Waals surface area (Å²) in [6.07, 6.45) is 2.60. The van der Waals surface area contributed by atoms with E-state index in [-0.39, 0.29) is 5.82 Å². The van der Waals surface area contributed by atoms with Gasteiger partial charge in [0.15, 0.2) is 0 Å². The summed E-state index contributed by atoms with van der Waals surface area (Å²) in [7, 11) is 0. The van der Waals surface area contributed by atoms with Crippen LogP contribution in [0, 0.1) is 17.1 Å². The molecule has 4 heteroatoms. The predicted octanol–water partition coefficient (Wildman–Crippen LogP) is 1.88. The van der Waals surface area contributed by atoms with Crippen LogP contribution in [0.3, 0.4) is 0 Å². The molecule has 0 aromatic heterocycles. The summed E-state index contributed by atoms with van der Waals surface area (Å²) in [6.45, 7) is 4.94. The lowest BCUT2D eigenvalue weighted by Crippen LogP contribution is -2.29. The number of rotatable bonds is 5. The number of nitriles is 1. The Morgan fingerprint density at radius 1 is 1.28 bits per heavy atom. The minimum Gasteiger partial charge on any atom is -0.311 e. The standard InChI is InChI=1S/C14H18FN3/c15-14-8-12(10-16)7-13(9-14)11-17-3-6-18-4-1-2-5-18/h7-9,17H,1-6,11H2. The van der Waals surface area contributed by atoms with Crippen molar-refractivity contribution in [2.45, 2.75) is 19.4 Å². The van der Waals surface area contributed by atoms with Crippen molar-refractivity contribution in [2.24, 2.45) is 0 Å². The Hall–Kier alpha value is -1.44. The third-order valence-electron chi connectivity index (χ3n) is 3.22. The lowest BCUT2D eigenvalue weighted by atomic mass is 10.1. The zero-order chi connectivity index (χ0) is 12.8. The fourth-order valence-corrected chi connectivity index (χ4v) is 2.29. The summed E-state index contributed by atoms with van der Waals surface area (Å²) >= 11 is 0. The summed E-state index contributed by atoms with van der Waals surface area (Å²) in [5, 5.41) is 12.0. The van der Waals surface area contributed by atoms with Gasteiger partial charge in [-0.25, -0.2) is 4.39 Å². The quantitative estimate of drug-likeness (QED) is 0.807. The molecule has 1 aliphatic rings. The van der Waals surface area contributed by atoms with E-state index in [1.807, 2.05) is 6.07 Å². The molecule has 1 fully saturated rings. The molecule has 1 aliphatic heterocycles. The van der Waals surface area contributed by atoms with Gasteiger partial charge in [0.05, 0.1) is 11.6 Å². The number of nitrogens with one attached hydrogen (secondary N) is 1. The Labute approximate surface area is 107 Å². The van der Waals surface area contributed by atoms with Gasteiger partial charge in [-0.15, -0.1) is 0 Å². The first-order valence-electron chi connectivity index (χ1n) is 6.40. The molecule has 3 nitrogen and oxygen atoms in total. The molecule has 1 aromatic carbocycles. The Bertz CT molecular complexity index is 433. The highest BCUT2D eigenvalue weighted by molar-refractivity contribution is 5.33. The van der Waals surface area contributed by atoms with Gasteiger partial charge in [-0.1, -0.05) is 0 Å². The van der Waals surface area contributed by atoms with Gasteiger partial charge in [-0.05, 0) is 49.7 Å². The Morgan fingerprint density at radius 3 is 2.78 bits per heavy atom. The van der Waals surface area contributed by atoms with E-state index in [1.54, 1.807) is 6.07 Å². The SMILES string of the molecule is N#Cc1cc(F)cc(CNCCN2CCCC2)c1. The van der Waals surface area contributed by atoms with Crippen molar-refractivity contribution < 1.29 is 4.39 Å². The van der Waals surface area contributed by atoms with Crippen LogP contribution in [0.2, 0.25) is 0 Å². The third-order valence-corrected chi connectivity index (χ3v) is 3.22. The van der Waals surface area contributed by atoms with E-state index >= 15 is 0 Å². The summed E-state index contributed by atoms with van der Waals surface area (Å²) < 4.78 is 13.2. The zero-order valence-electron chi connectivity index (χ0n) is 10.5. The van der Waals surface area contributed by atoms with E-state index in [4.69, 9.17) is 5.26 Å². The average Bonchev–Trinajstić information content (AvgIpc) is 2.87. The third kappa shape index (κ3) is 3.80. The van der Waals surface area contributed by atoms with E-state index in [0.29, 0.717) is 12.1 Å². The van der Waals surface area contributed by atoms with Gasteiger partial charge in [0.2, 0.25) is 0 Å². The van der Waals surface area contributed by atoms with Gasteiger partial charge in [-0.3, -0.25) is 0 Å². The molecule has 1 heterocycles. The molecular formula is C14H18FN3. The Balaban J connectivity index is 1.75. The van der Waals surface area contributed by atoms with Crippen molar-refractivity contribution in [3.05, 3.63) is 35.1 Å².